The highest BCUT2D eigenvalue weighted by molar-refractivity contribution is 5.94. The highest BCUT2D eigenvalue weighted by atomic mass is 16.6. The average molecular weight is 506 g/mol. The van der Waals surface area contributed by atoms with Gasteiger partial charge in [0, 0.05) is 18.0 Å². The van der Waals surface area contributed by atoms with Crippen molar-refractivity contribution in [3.05, 3.63) is 70.8 Å². The molecule has 0 aliphatic rings. The molecule has 7 nitrogen and oxygen atoms in total. The Bertz CT molecular complexity index is 1130. The summed E-state index contributed by atoms with van der Waals surface area (Å²) in [6.07, 6.45) is 5.32. The summed E-state index contributed by atoms with van der Waals surface area (Å²) in [5.41, 5.74) is 1.78. The first-order chi connectivity index (χ1) is 17.1. The number of carbonyl (C=O) groups excluding carboxylic acids is 3. The molecule has 0 aliphatic carbocycles. The van der Waals surface area contributed by atoms with Crippen LogP contribution in [-0.4, -0.2) is 40.0 Å². The number of ether oxygens (including phenoxy) is 1. The lowest BCUT2D eigenvalue weighted by Gasteiger charge is -2.33. The topological polar surface area (TPSA) is 87.7 Å². The molecular weight excluding hydrogens is 466 g/mol. The Kier molecular flexibility index (Phi) is 9.52. The molecule has 198 valence electrons. The number of aryl methyl sites for hydroxylation is 2. The van der Waals surface area contributed by atoms with Crippen LogP contribution < -0.4 is 10.6 Å². The van der Waals surface area contributed by atoms with E-state index in [1.54, 1.807) is 20.8 Å². The minimum absolute atomic E-state index is 0.164. The van der Waals surface area contributed by atoms with Gasteiger partial charge < -0.3 is 15.4 Å². The maximum absolute atomic E-state index is 14.0. The fourth-order valence-electron chi connectivity index (χ4n) is 4.01. The summed E-state index contributed by atoms with van der Waals surface area (Å²) in [5.74, 6) is -0.999. The van der Waals surface area contributed by atoms with E-state index in [2.05, 4.69) is 16.7 Å². The molecule has 0 bridgehead atoms. The van der Waals surface area contributed by atoms with Crippen molar-refractivity contribution in [2.45, 2.75) is 85.0 Å². The lowest BCUT2D eigenvalue weighted by atomic mass is 9.93. The Hall–Kier alpha value is -3.79. The van der Waals surface area contributed by atoms with Crippen molar-refractivity contribution < 1.29 is 19.1 Å². The molecule has 2 rings (SSSR count). The van der Waals surface area contributed by atoms with Gasteiger partial charge in [-0.15, -0.1) is 0 Å². The molecule has 2 aromatic carbocycles. The number of alkyl carbamates (subject to hydrolysis) is 1. The molecular formula is C30H39N3O4. The first kappa shape index (κ1) is 29.4. The fourth-order valence-corrected chi connectivity index (χ4v) is 4.01. The first-order valence-corrected chi connectivity index (χ1v) is 12.3. The molecule has 0 spiro atoms. The van der Waals surface area contributed by atoms with Crippen molar-refractivity contribution in [3.63, 3.8) is 0 Å². The maximum atomic E-state index is 14.0. The van der Waals surface area contributed by atoms with Crippen molar-refractivity contribution in [1.29, 1.82) is 0 Å². The number of hydrogen-bond acceptors (Lipinski definition) is 4. The molecule has 0 fully saturated rings. The summed E-state index contributed by atoms with van der Waals surface area (Å²) in [7, 11) is 0. The predicted octanol–water partition coefficient (Wildman–Crippen LogP) is 4.81. The smallest absolute Gasteiger partial charge is 0.408 e. The van der Waals surface area contributed by atoms with Crippen LogP contribution in [0.5, 0.6) is 0 Å². The number of carbonyl (C=O) groups is 3. The summed E-state index contributed by atoms with van der Waals surface area (Å²) in [4.78, 5) is 41.5. The molecule has 3 amide bonds. The highest BCUT2D eigenvalue weighted by Crippen LogP contribution is 2.29. The molecule has 0 saturated heterocycles. The third-order valence-corrected chi connectivity index (χ3v) is 5.47. The Balaban J connectivity index is 2.57. The second-order valence-electron chi connectivity index (χ2n) is 11.2. The van der Waals surface area contributed by atoms with E-state index in [4.69, 9.17) is 11.2 Å². The number of benzene rings is 2. The summed E-state index contributed by atoms with van der Waals surface area (Å²) in [6.45, 7) is 14.5. The minimum Gasteiger partial charge on any atom is -0.444 e. The van der Waals surface area contributed by atoms with E-state index in [0.717, 1.165) is 21.6 Å². The van der Waals surface area contributed by atoms with E-state index in [1.165, 1.54) is 0 Å². The lowest BCUT2D eigenvalue weighted by molar-refractivity contribution is -0.139. The van der Waals surface area contributed by atoms with Crippen LogP contribution in [0.15, 0.2) is 48.5 Å². The Morgan fingerprint density at radius 3 is 2.00 bits per heavy atom. The third-order valence-electron chi connectivity index (χ3n) is 5.47. The van der Waals surface area contributed by atoms with E-state index in [0.29, 0.717) is 5.56 Å². The molecule has 2 N–H and O–H groups in total. The standard InChI is InChI=1S/C30H39N3O4/c1-10-33(25(26(34)32-29(4,5)6)24-20(2)15-14-16-21(24)3)27(35)23(19-22-17-12-11-13-18-22)31-28(36)37-30(7,8)9/h1,11-18,23,25H,19H2,2-9H3,(H,31,36)(H,32,34). The third kappa shape index (κ3) is 8.68. The number of nitrogens with zero attached hydrogens (tertiary/aromatic N) is 1. The van der Waals surface area contributed by atoms with Gasteiger partial charge in [0.15, 0.2) is 0 Å². The van der Waals surface area contributed by atoms with E-state index in [9.17, 15) is 14.4 Å². The van der Waals surface area contributed by atoms with Crippen LogP contribution in [0.3, 0.4) is 0 Å². The van der Waals surface area contributed by atoms with Gasteiger partial charge in [-0.2, -0.15) is 0 Å². The molecule has 2 unspecified atom stereocenters. The lowest BCUT2D eigenvalue weighted by Crippen LogP contribution is -2.54. The Labute approximate surface area is 221 Å². The van der Waals surface area contributed by atoms with Crippen LogP contribution in [0.4, 0.5) is 4.79 Å². The van der Waals surface area contributed by atoms with Crippen molar-refractivity contribution >= 4 is 17.9 Å². The van der Waals surface area contributed by atoms with E-state index in [-0.39, 0.29) is 6.42 Å². The number of nitrogens with one attached hydrogen (secondary N) is 2. The molecule has 0 radical (unpaired) electrons. The molecule has 0 aliphatic heterocycles. The maximum Gasteiger partial charge on any atom is 0.408 e. The number of hydrogen-bond donors (Lipinski definition) is 2. The van der Waals surface area contributed by atoms with Crippen LogP contribution in [0.1, 0.15) is 69.8 Å². The molecule has 0 heterocycles. The van der Waals surface area contributed by atoms with Gasteiger partial charge in [0.1, 0.15) is 17.7 Å². The quantitative estimate of drug-likeness (QED) is 0.417. The Morgan fingerprint density at radius 2 is 1.51 bits per heavy atom. The van der Waals surface area contributed by atoms with Crippen molar-refractivity contribution in [2.75, 3.05) is 0 Å². The molecule has 2 atom stereocenters. The zero-order valence-electron chi connectivity index (χ0n) is 23.1. The monoisotopic (exact) mass is 505 g/mol. The van der Waals surface area contributed by atoms with Crippen LogP contribution >= 0.6 is 0 Å². The van der Waals surface area contributed by atoms with Gasteiger partial charge >= 0.3 is 6.09 Å². The zero-order chi connectivity index (χ0) is 28.0. The van der Waals surface area contributed by atoms with Gasteiger partial charge in [-0.05, 0) is 77.6 Å². The summed E-state index contributed by atoms with van der Waals surface area (Å²) in [6, 6.07) is 15.2. The van der Waals surface area contributed by atoms with Crippen LogP contribution in [-0.2, 0) is 20.7 Å². The minimum atomic E-state index is -1.10. The van der Waals surface area contributed by atoms with Crippen molar-refractivity contribution in [1.82, 2.24) is 15.5 Å². The second-order valence-corrected chi connectivity index (χ2v) is 11.2. The van der Waals surface area contributed by atoms with Gasteiger partial charge in [-0.3, -0.25) is 14.5 Å². The first-order valence-electron chi connectivity index (χ1n) is 12.3. The van der Waals surface area contributed by atoms with E-state index in [1.807, 2.05) is 83.1 Å². The van der Waals surface area contributed by atoms with Gasteiger partial charge in [0.05, 0.1) is 0 Å². The van der Waals surface area contributed by atoms with Gasteiger partial charge in [0.25, 0.3) is 5.91 Å². The van der Waals surface area contributed by atoms with Crippen LogP contribution in [0.25, 0.3) is 0 Å². The molecule has 0 saturated carbocycles. The number of terminal acetylenes is 1. The average Bonchev–Trinajstić information content (AvgIpc) is 2.76. The van der Waals surface area contributed by atoms with Crippen LogP contribution in [0, 0.1) is 26.3 Å². The predicted molar refractivity (Wildman–Crippen MR) is 146 cm³/mol. The highest BCUT2D eigenvalue weighted by Gasteiger charge is 2.38. The summed E-state index contributed by atoms with van der Waals surface area (Å²) < 4.78 is 5.41. The summed E-state index contributed by atoms with van der Waals surface area (Å²) >= 11 is 0. The van der Waals surface area contributed by atoms with E-state index >= 15 is 0 Å². The van der Waals surface area contributed by atoms with Crippen LogP contribution in [0.2, 0.25) is 0 Å². The van der Waals surface area contributed by atoms with E-state index < -0.39 is 41.1 Å². The van der Waals surface area contributed by atoms with Crippen molar-refractivity contribution in [2.24, 2.45) is 0 Å². The SMILES string of the molecule is C#CN(C(=O)C(Cc1ccccc1)NC(=O)OC(C)(C)C)C(C(=O)NC(C)(C)C)c1c(C)cccc1C. The van der Waals surface area contributed by atoms with Crippen molar-refractivity contribution in [3.8, 4) is 12.5 Å². The molecule has 7 heteroatoms. The Morgan fingerprint density at radius 1 is 0.946 bits per heavy atom. The molecule has 0 aromatic heterocycles. The molecule has 37 heavy (non-hydrogen) atoms. The largest absolute Gasteiger partial charge is 0.444 e. The zero-order valence-corrected chi connectivity index (χ0v) is 23.1. The van der Waals surface area contributed by atoms with Gasteiger partial charge in [0.2, 0.25) is 5.91 Å². The van der Waals surface area contributed by atoms with Gasteiger partial charge in [-0.25, -0.2) is 4.79 Å². The van der Waals surface area contributed by atoms with Gasteiger partial charge in [-0.1, -0.05) is 55.0 Å². The number of rotatable bonds is 7. The number of amides is 3. The second kappa shape index (κ2) is 12.0. The molecule has 2 aromatic rings. The fraction of sp³-hybridized carbons (Fsp3) is 0.433. The normalized spacial score (nSPS) is 13.1. The summed E-state index contributed by atoms with van der Waals surface area (Å²) in [5, 5.41) is 5.64.